The Morgan fingerprint density at radius 1 is 1.25 bits per heavy atom. The van der Waals surface area contributed by atoms with Crippen LogP contribution in [0, 0.1) is 0 Å². The summed E-state index contributed by atoms with van der Waals surface area (Å²) in [7, 11) is 0. The fourth-order valence-corrected chi connectivity index (χ4v) is 3.82. The Labute approximate surface area is 181 Å². The molecular formula is C20H24F4N4O4. The lowest BCUT2D eigenvalue weighted by Gasteiger charge is -2.40. The van der Waals surface area contributed by atoms with Crippen molar-refractivity contribution in [2.45, 2.75) is 44.2 Å². The molecule has 32 heavy (non-hydrogen) atoms. The molecule has 2 fully saturated rings. The lowest BCUT2D eigenvalue weighted by Crippen LogP contribution is -2.58. The third-order valence-electron chi connectivity index (χ3n) is 5.55. The maximum Gasteiger partial charge on any atom is 0.265 e. The second kappa shape index (κ2) is 10.3. The molecule has 0 radical (unpaired) electrons. The summed E-state index contributed by atoms with van der Waals surface area (Å²) in [6.07, 6.45) is -3.89. The summed E-state index contributed by atoms with van der Waals surface area (Å²) >= 11 is 0. The number of nitrogens with one attached hydrogen (secondary N) is 1. The first-order valence-corrected chi connectivity index (χ1v) is 10.1. The van der Waals surface area contributed by atoms with Gasteiger partial charge in [0.15, 0.2) is 6.04 Å². The van der Waals surface area contributed by atoms with Gasteiger partial charge in [0.05, 0.1) is 18.8 Å². The van der Waals surface area contributed by atoms with Crippen LogP contribution in [-0.4, -0.2) is 67.4 Å². The lowest BCUT2D eigenvalue weighted by atomic mass is 9.90. The molecule has 1 aliphatic carbocycles. The minimum atomic E-state index is -2.96. The van der Waals surface area contributed by atoms with E-state index >= 15 is 0 Å². The highest BCUT2D eigenvalue weighted by atomic mass is 19.3. The number of morpholine rings is 1. The molecular weight excluding hydrogens is 436 g/mol. The van der Waals surface area contributed by atoms with Crippen LogP contribution in [0.25, 0.3) is 0 Å². The Morgan fingerprint density at radius 2 is 1.97 bits per heavy atom. The van der Waals surface area contributed by atoms with Crippen LogP contribution in [-0.2, 0) is 19.1 Å². The van der Waals surface area contributed by atoms with Crippen molar-refractivity contribution >= 4 is 29.1 Å². The smallest absolute Gasteiger partial charge is 0.265 e. The predicted octanol–water partition coefficient (Wildman–Crippen LogP) is 1.90. The molecule has 1 aliphatic heterocycles. The van der Waals surface area contributed by atoms with Gasteiger partial charge in [0.25, 0.3) is 24.7 Å². The molecule has 0 unspecified atom stereocenters. The van der Waals surface area contributed by atoms with Crippen LogP contribution < -0.4 is 16.0 Å². The summed E-state index contributed by atoms with van der Waals surface area (Å²) in [4.78, 5) is 39.0. The van der Waals surface area contributed by atoms with Crippen molar-refractivity contribution in [3.8, 4) is 0 Å². The van der Waals surface area contributed by atoms with Crippen molar-refractivity contribution < 1.29 is 36.7 Å². The number of rotatable bonds is 9. The Balaban J connectivity index is 1.84. The number of alkyl halides is 4. The number of benzene rings is 1. The van der Waals surface area contributed by atoms with Crippen molar-refractivity contribution in [3.05, 3.63) is 23.8 Å². The van der Waals surface area contributed by atoms with E-state index in [0.717, 1.165) is 17.4 Å². The van der Waals surface area contributed by atoms with Gasteiger partial charge in [-0.25, -0.2) is 17.6 Å². The van der Waals surface area contributed by atoms with E-state index in [0.29, 0.717) is 12.8 Å². The third-order valence-corrected chi connectivity index (χ3v) is 5.55. The summed E-state index contributed by atoms with van der Waals surface area (Å²) in [5, 5.41) is 2.33. The molecule has 12 heteroatoms. The SMILES string of the molecule is NC(=O)[C@@H](C(=O)Nc1ccc(N2CCOCC2=O)c(C(F)F)c1)N(CC(F)F)C1CCC1. The molecule has 3 N–H and O–H groups in total. The van der Waals surface area contributed by atoms with Crippen LogP contribution in [0.1, 0.15) is 31.3 Å². The first kappa shape index (κ1) is 23.9. The summed E-state index contributed by atoms with van der Waals surface area (Å²) in [5.41, 5.74) is 4.74. The molecule has 1 atom stereocenters. The fraction of sp³-hybridized carbons (Fsp3) is 0.550. The largest absolute Gasteiger partial charge is 0.370 e. The number of anilines is 2. The first-order valence-electron chi connectivity index (χ1n) is 10.1. The molecule has 3 rings (SSSR count). The summed E-state index contributed by atoms with van der Waals surface area (Å²) in [6, 6.07) is 1.46. The molecule has 8 nitrogen and oxygen atoms in total. The standard InChI is InChI=1S/C20H24F4N4O4/c21-15(22)9-28(12-2-1-3-12)17(19(25)30)20(31)26-11-4-5-14(13(8-11)18(23)24)27-6-7-32-10-16(27)29/h4-5,8,12,15,17-18H,1-3,6-7,9-10H2,(H2,25,30)(H,26,31)/t17-/m0/s1. The van der Waals surface area contributed by atoms with Gasteiger partial charge < -0.3 is 20.7 Å². The summed E-state index contributed by atoms with van der Waals surface area (Å²) in [6.45, 7) is -0.763. The normalized spacial score (nSPS) is 18.2. The van der Waals surface area contributed by atoms with E-state index in [1.54, 1.807) is 0 Å². The zero-order chi connectivity index (χ0) is 23.4. The fourth-order valence-electron chi connectivity index (χ4n) is 3.82. The highest BCUT2D eigenvalue weighted by Crippen LogP contribution is 2.33. The molecule has 176 valence electrons. The number of amides is 3. The quantitative estimate of drug-likeness (QED) is 0.433. The van der Waals surface area contributed by atoms with E-state index in [1.807, 2.05) is 0 Å². The van der Waals surface area contributed by atoms with Gasteiger partial charge in [-0.1, -0.05) is 6.42 Å². The molecule has 0 bridgehead atoms. The Kier molecular flexibility index (Phi) is 7.67. The van der Waals surface area contributed by atoms with Gasteiger partial charge in [0, 0.05) is 23.8 Å². The molecule has 0 aromatic heterocycles. The number of primary amides is 1. The third kappa shape index (κ3) is 5.36. The van der Waals surface area contributed by atoms with Crippen molar-refractivity contribution in [1.82, 2.24) is 4.90 Å². The summed E-state index contributed by atoms with van der Waals surface area (Å²) in [5.74, 6) is -2.58. The maximum atomic E-state index is 13.7. The average molecular weight is 460 g/mol. The number of hydrogen-bond donors (Lipinski definition) is 2. The Bertz CT molecular complexity index is 866. The van der Waals surface area contributed by atoms with E-state index in [-0.39, 0.29) is 31.1 Å². The van der Waals surface area contributed by atoms with Crippen molar-refractivity contribution in [1.29, 1.82) is 0 Å². The molecule has 3 amide bonds. The highest BCUT2D eigenvalue weighted by molar-refractivity contribution is 6.09. The van der Waals surface area contributed by atoms with Crippen molar-refractivity contribution in [2.75, 3.05) is 36.5 Å². The molecule has 0 spiro atoms. The zero-order valence-corrected chi connectivity index (χ0v) is 17.1. The minimum absolute atomic E-state index is 0.0217. The van der Waals surface area contributed by atoms with E-state index in [2.05, 4.69) is 5.32 Å². The molecule has 2 aliphatic rings. The lowest BCUT2D eigenvalue weighted by molar-refractivity contribution is -0.136. The monoisotopic (exact) mass is 460 g/mol. The maximum absolute atomic E-state index is 13.7. The van der Waals surface area contributed by atoms with Crippen LogP contribution in [0.4, 0.5) is 28.9 Å². The van der Waals surface area contributed by atoms with Crippen molar-refractivity contribution in [2.24, 2.45) is 5.73 Å². The van der Waals surface area contributed by atoms with Gasteiger partial charge in [-0.15, -0.1) is 0 Å². The second-order valence-electron chi connectivity index (χ2n) is 7.64. The first-order chi connectivity index (χ1) is 15.2. The van der Waals surface area contributed by atoms with E-state index in [4.69, 9.17) is 10.5 Å². The van der Waals surface area contributed by atoms with Crippen LogP contribution >= 0.6 is 0 Å². The number of carbonyl (C=O) groups is 3. The molecule has 1 aromatic carbocycles. The summed E-state index contributed by atoms with van der Waals surface area (Å²) < 4.78 is 58.5. The Hall–Kier alpha value is -2.73. The minimum Gasteiger partial charge on any atom is -0.370 e. The van der Waals surface area contributed by atoms with Crippen LogP contribution in [0.2, 0.25) is 0 Å². The average Bonchev–Trinajstić information content (AvgIpc) is 2.66. The van der Waals surface area contributed by atoms with E-state index in [1.165, 1.54) is 17.0 Å². The zero-order valence-electron chi connectivity index (χ0n) is 17.1. The number of nitrogens with zero attached hydrogens (tertiary/aromatic N) is 2. The second-order valence-corrected chi connectivity index (χ2v) is 7.64. The number of halogens is 4. The molecule has 1 heterocycles. The van der Waals surface area contributed by atoms with E-state index in [9.17, 15) is 31.9 Å². The van der Waals surface area contributed by atoms with Gasteiger partial charge in [0.2, 0.25) is 5.91 Å². The van der Waals surface area contributed by atoms with Gasteiger partial charge in [-0.05, 0) is 31.0 Å². The van der Waals surface area contributed by atoms with Gasteiger partial charge in [-0.2, -0.15) is 0 Å². The molecule has 1 aromatic rings. The molecule has 1 saturated carbocycles. The molecule has 1 saturated heterocycles. The number of nitrogens with two attached hydrogens (primary N) is 1. The van der Waals surface area contributed by atoms with Gasteiger partial charge >= 0.3 is 0 Å². The Morgan fingerprint density at radius 3 is 2.50 bits per heavy atom. The number of ether oxygens (including phenoxy) is 1. The van der Waals surface area contributed by atoms with Gasteiger partial charge in [-0.3, -0.25) is 19.3 Å². The van der Waals surface area contributed by atoms with Crippen LogP contribution in [0.5, 0.6) is 0 Å². The predicted molar refractivity (Wildman–Crippen MR) is 107 cm³/mol. The topological polar surface area (TPSA) is 105 Å². The van der Waals surface area contributed by atoms with Crippen LogP contribution in [0.3, 0.4) is 0 Å². The van der Waals surface area contributed by atoms with E-state index < -0.39 is 54.8 Å². The van der Waals surface area contributed by atoms with Crippen molar-refractivity contribution in [3.63, 3.8) is 0 Å². The number of hydrogen-bond acceptors (Lipinski definition) is 5. The highest BCUT2D eigenvalue weighted by Gasteiger charge is 2.39. The number of carbonyl (C=O) groups excluding carboxylic acids is 3. The van der Waals surface area contributed by atoms with Crippen LogP contribution in [0.15, 0.2) is 18.2 Å². The van der Waals surface area contributed by atoms with Gasteiger partial charge in [0.1, 0.15) is 6.61 Å².